The van der Waals surface area contributed by atoms with Crippen LogP contribution in [0.25, 0.3) is 0 Å². The normalized spacial score (nSPS) is 20.7. The van der Waals surface area contributed by atoms with E-state index in [0.29, 0.717) is 5.56 Å². The van der Waals surface area contributed by atoms with Crippen molar-refractivity contribution in [3.05, 3.63) is 66.2 Å². The molecule has 0 aromatic heterocycles. The Morgan fingerprint density at radius 2 is 1.70 bits per heavy atom. The number of sulfone groups is 1. The lowest BCUT2D eigenvalue weighted by molar-refractivity contribution is -0.152. The van der Waals surface area contributed by atoms with Gasteiger partial charge in [0.1, 0.15) is 12.7 Å². The molecule has 27 heavy (non-hydrogen) atoms. The Morgan fingerprint density at radius 1 is 1.11 bits per heavy atom. The molecule has 1 fully saturated rings. The van der Waals surface area contributed by atoms with Gasteiger partial charge in [0, 0.05) is 12.8 Å². The summed E-state index contributed by atoms with van der Waals surface area (Å²) in [4.78, 5) is 23.3. The van der Waals surface area contributed by atoms with E-state index in [1.165, 1.54) is 19.1 Å². The van der Waals surface area contributed by atoms with Gasteiger partial charge >= 0.3 is 11.9 Å². The quantitative estimate of drug-likeness (QED) is 0.707. The number of benzene rings is 2. The van der Waals surface area contributed by atoms with Gasteiger partial charge in [0.25, 0.3) is 0 Å². The lowest BCUT2D eigenvalue weighted by atomic mass is 9.92. The number of hydrogen-bond acceptors (Lipinski definition) is 6. The number of hydrogen-bond donors (Lipinski definition) is 0. The van der Waals surface area contributed by atoms with Crippen LogP contribution in [0, 0.1) is 5.92 Å². The molecule has 0 radical (unpaired) electrons. The largest absolute Gasteiger partial charge is 0.462 e. The van der Waals surface area contributed by atoms with Crippen molar-refractivity contribution in [3.8, 4) is 0 Å². The maximum atomic E-state index is 13.4. The van der Waals surface area contributed by atoms with Crippen molar-refractivity contribution in [2.45, 2.75) is 29.6 Å². The van der Waals surface area contributed by atoms with Crippen LogP contribution in [-0.4, -0.2) is 33.1 Å². The highest BCUT2D eigenvalue weighted by Gasteiger charge is 2.47. The first-order valence-corrected chi connectivity index (χ1v) is 10.1. The van der Waals surface area contributed by atoms with Gasteiger partial charge in [-0.3, -0.25) is 9.59 Å². The Morgan fingerprint density at radius 3 is 2.30 bits per heavy atom. The molecule has 0 N–H and O–H groups in total. The van der Waals surface area contributed by atoms with E-state index in [9.17, 15) is 18.0 Å². The zero-order valence-electron chi connectivity index (χ0n) is 14.8. The molecule has 0 saturated carbocycles. The molecule has 1 aliphatic rings. The minimum atomic E-state index is -3.81. The fraction of sp³-hybridized carbons (Fsp3) is 0.300. The third kappa shape index (κ3) is 4.19. The summed E-state index contributed by atoms with van der Waals surface area (Å²) in [5.41, 5.74) is 0.567. The second-order valence-corrected chi connectivity index (χ2v) is 8.46. The fourth-order valence-corrected chi connectivity index (χ4v) is 5.42. The van der Waals surface area contributed by atoms with Gasteiger partial charge in [-0.1, -0.05) is 48.5 Å². The molecule has 2 aromatic rings. The molecule has 0 amide bonds. The van der Waals surface area contributed by atoms with E-state index in [2.05, 4.69) is 0 Å². The van der Waals surface area contributed by atoms with Gasteiger partial charge < -0.3 is 9.47 Å². The van der Waals surface area contributed by atoms with Crippen molar-refractivity contribution in [1.82, 2.24) is 0 Å². The second-order valence-electron chi connectivity index (χ2n) is 6.39. The van der Waals surface area contributed by atoms with Crippen LogP contribution >= 0.6 is 0 Å². The standard InChI is InChI=1S/C20H20O6S/c1-14(21)25-13-18-17(12-19(22)26-18)20(15-8-4-2-5-9-15)27(23,24)16-10-6-3-7-11-16/h2-11,17-18,20H,12-13H2,1H3/t17-,18-,20-/m1/s1. The van der Waals surface area contributed by atoms with Crippen molar-refractivity contribution < 1.29 is 27.5 Å². The maximum absolute atomic E-state index is 13.4. The Balaban J connectivity index is 2.05. The molecule has 0 spiro atoms. The molecule has 1 heterocycles. The van der Waals surface area contributed by atoms with Crippen LogP contribution in [0.4, 0.5) is 0 Å². The van der Waals surface area contributed by atoms with Crippen LogP contribution in [0.15, 0.2) is 65.6 Å². The third-order valence-electron chi connectivity index (χ3n) is 4.54. The maximum Gasteiger partial charge on any atom is 0.306 e. The average Bonchev–Trinajstić information content (AvgIpc) is 3.01. The number of carbonyl (C=O) groups is 2. The van der Waals surface area contributed by atoms with E-state index in [1.54, 1.807) is 48.5 Å². The van der Waals surface area contributed by atoms with E-state index >= 15 is 0 Å². The van der Waals surface area contributed by atoms with Crippen molar-refractivity contribution in [3.63, 3.8) is 0 Å². The van der Waals surface area contributed by atoms with Gasteiger partial charge in [0.05, 0.1) is 16.6 Å². The summed E-state index contributed by atoms with van der Waals surface area (Å²) >= 11 is 0. The van der Waals surface area contributed by atoms with Crippen LogP contribution in [0.1, 0.15) is 24.2 Å². The van der Waals surface area contributed by atoms with Crippen molar-refractivity contribution >= 4 is 21.8 Å². The summed E-state index contributed by atoms with van der Waals surface area (Å²) < 4.78 is 37.1. The van der Waals surface area contributed by atoms with Crippen molar-refractivity contribution in [2.75, 3.05) is 6.61 Å². The van der Waals surface area contributed by atoms with Crippen LogP contribution in [0.5, 0.6) is 0 Å². The van der Waals surface area contributed by atoms with Crippen molar-refractivity contribution in [1.29, 1.82) is 0 Å². The molecule has 7 heteroatoms. The van der Waals surface area contributed by atoms with E-state index in [-0.39, 0.29) is 17.9 Å². The van der Waals surface area contributed by atoms with Crippen LogP contribution < -0.4 is 0 Å². The molecule has 3 atom stereocenters. The first-order chi connectivity index (χ1) is 12.9. The molecule has 2 aromatic carbocycles. The Bertz CT molecular complexity index is 908. The highest BCUT2D eigenvalue weighted by molar-refractivity contribution is 7.91. The van der Waals surface area contributed by atoms with E-state index in [1.807, 2.05) is 0 Å². The van der Waals surface area contributed by atoms with Gasteiger partial charge in [-0.05, 0) is 17.7 Å². The molecule has 0 unspecified atom stereocenters. The zero-order valence-corrected chi connectivity index (χ0v) is 15.6. The fourth-order valence-electron chi connectivity index (χ4n) is 3.34. The molecule has 0 bridgehead atoms. The molecular weight excluding hydrogens is 368 g/mol. The summed E-state index contributed by atoms with van der Waals surface area (Å²) in [6.45, 7) is 1.08. The van der Waals surface area contributed by atoms with Gasteiger partial charge in [-0.2, -0.15) is 0 Å². The summed E-state index contributed by atoms with van der Waals surface area (Å²) in [5.74, 6) is -1.68. The zero-order chi connectivity index (χ0) is 19.4. The lowest BCUT2D eigenvalue weighted by Crippen LogP contribution is -2.32. The minimum Gasteiger partial charge on any atom is -0.462 e. The predicted octanol–water partition coefficient (Wildman–Crippen LogP) is 2.70. The Kier molecular flexibility index (Phi) is 5.60. The van der Waals surface area contributed by atoms with Gasteiger partial charge in [0.15, 0.2) is 9.84 Å². The number of carbonyl (C=O) groups excluding carboxylic acids is 2. The first-order valence-electron chi connectivity index (χ1n) is 8.56. The highest BCUT2D eigenvalue weighted by atomic mass is 32.2. The van der Waals surface area contributed by atoms with E-state index < -0.39 is 39.0 Å². The number of rotatable bonds is 6. The molecule has 6 nitrogen and oxygen atoms in total. The highest BCUT2D eigenvalue weighted by Crippen LogP contribution is 2.42. The monoisotopic (exact) mass is 388 g/mol. The smallest absolute Gasteiger partial charge is 0.306 e. The topological polar surface area (TPSA) is 86.7 Å². The van der Waals surface area contributed by atoms with Crippen LogP contribution in [0.3, 0.4) is 0 Å². The average molecular weight is 388 g/mol. The van der Waals surface area contributed by atoms with Crippen LogP contribution in [-0.2, 0) is 28.9 Å². The Hall–Kier alpha value is -2.67. The third-order valence-corrected chi connectivity index (χ3v) is 6.76. The van der Waals surface area contributed by atoms with Crippen LogP contribution in [0.2, 0.25) is 0 Å². The number of ether oxygens (including phenoxy) is 2. The predicted molar refractivity (Wildman–Crippen MR) is 97.4 cm³/mol. The second kappa shape index (κ2) is 7.92. The molecule has 0 aliphatic carbocycles. The summed E-state index contributed by atoms with van der Waals surface area (Å²) in [6.07, 6.45) is -0.873. The van der Waals surface area contributed by atoms with E-state index in [4.69, 9.17) is 9.47 Å². The molecule has 1 saturated heterocycles. The molecule has 3 rings (SSSR count). The number of esters is 2. The van der Waals surface area contributed by atoms with E-state index in [0.717, 1.165) is 0 Å². The summed E-state index contributed by atoms with van der Waals surface area (Å²) in [5, 5.41) is -0.992. The SMILES string of the molecule is CC(=O)OC[C@H]1OC(=O)C[C@H]1[C@@H](c1ccccc1)S(=O)(=O)c1ccccc1. The van der Waals surface area contributed by atoms with Gasteiger partial charge in [-0.25, -0.2) is 8.42 Å². The molecule has 142 valence electrons. The van der Waals surface area contributed by atoms with Gasteiger partial charge in [-0.15, -0.1) is 0 Å². The Labute approximate surface area is 158 Å². The van der Waals surface area contributed by atoms with Crippen molar-refractivity contribution in [2.24, 2.45) is 5.92 Å². The number of cyclic esters (lactones) is 1. The summed E-state index contributed by atoms with van der Waals surface area (Å²) in [7, 11) is -3.81. The van der Waals surface area contributed by atoms with Gasteiger partial charge in [0.2, 0.25) is 0 Å². The summed E-state index contributed by atoms with van der Waals surface area (Å²) in [6, 6.07) is 16.8. The minimum absolute atomic E-state index is 0.0580. The lowest BCUT2D eigenvalue weighted by Gasteiger charge is -2.27. The molecule has 1 aliphatic heterocycles. The first kappa shape index (κ1) is 19.1. The molecular formula is C20H20O6S.